The summed E-state index contributed by atoms with van der Waals surface area (Å²) in [6, 6.07) is 0. The molecule has 0 amide bonds. The van der Waals surface area contributed by atoms with Crippen molar-refractivity contribution in [2.24, 2.45) is 0 Å². The van der Waals surface area contributed by atoms with Gasteiger partial charge in [0.25, 0.3) is 5.56 Å². The number of hydrogen-bond acceptors (Lipinski definition) is 4. The van der Waals surface area contributed by atoms with Crippen LogP contribution in [0.4, 0.5) is 4.39 Å². The number of aromatic amines is 1. The second kappa shape index (κ2) is 4.33. The molecule has 18 heavy (non-hydrogen) atoms. The molecule has 5 nitrogen and oxygen atoms in total. The van der Waals surface area contributed by atoms with Gasteiger partial charge in [-0.1, -0.05) is 11.6 Å². The highest BCUT2D eigenvalue weighted by Crippen LogP contribution is 2.24. The van der Waals surface area contributed by atoms with Crippen LogP contribution in [-0.2, 0) is 5.54 Å². The lowest BCUT2D eigenvalue weighted by atomic mass is 10.1. The van der Waals surface area contributed by atoms with E-state index in [2.05, 4.69) is 9.97 Å². The van der Waals surface area contributed by atoms with Gasteiger partial charge in [0.05, 0.1) is 5.54 Å². The minimum atomic E-state index is -1.18. The highest BCUT2D eigenvalue weighted by atomic mass is 35.5. The summed E-state index contributed by atoms with van der Waals surface area (Å²) < 4.78 is 14.3. The van der Waals surface area contributed by atoms with Gasteiger partial charge in [0.2, 0.25) is 5.82 Å². The van der Waals surface area contributed by atoms with E-state index in [0.717, 1.165) is 4.57 Å². The maximum atomic E-state index is 13.5. The second-order valence-electron chi connectivity index (χ2n) is 4.09. The zero-order valence-electron chi connectivity index (χ0n) is 9.53. The van der Waals surface area contributed by atoms with Crippen LogP contribution in [-0.4, -0.2) is 14.5 Å². The van der Waals surface area contributed by atoms with E-state index in [0.29, 0.717) is 5.01 Å². The van der Waals surface area contributed by atoms with Crippen LogP contribution >= 0.6 is 22.9 Å². The largest absolute Gasteiger partial charge is 0.330 e. The van der Waals surface area contributed by atoms with Crippen molar-refractivity contribution in [1.29, 1.82) is 0 Å². The molecule has 0 radical (unpaired) electrons. The molecule has 2 aromatic rings. The first-order chi connectivity index (χ1) is 8.35. The predicted molar refractivity (Wildman–Crippen MR) is 66.8 cm³/mol. The Morgan fingerprint density at radius 3 is 2.72 bits per heavy atom. The number of nitrogens with zero attached hydrogens (tertiary/aromatic N) is 2. The summed E-state index contributed by atoms with van der Waals surface area (Å²) in [4.78, 5) is 29.7. The molecule has 0 atom stereocenters. The molecule has 0 saturated heterocycles. The third-order valence-electron chi connectivity index (χ3n) is 2.52. The molecular formula is C10H9ClFN3O2S. The Balaban J connectivity index is 2.77. The van der Waals surface area contributed by atoms with Gasteiger partial charge in [-0.3, -0.25) is 9.78 Å². The number of H-pyrrole nitrogens is 1. The summed E-state index contributed by atoms with van der Waals surface area (Å²) in [7, 11) is 0. The summed E-state index contributed by atoms with van der Waals surface area (Å²) in [5.74, 6) is -1.18. The minimum Gasteiger partial charge on any atom is -0.295 e. The van der Waals surface area contributed by atoms with Crippen molar-refractivity contribution >= 4 is 22.9 Å². The van der Waals surface area contributed by atoms with E-state index in [1.54, 1.807) is 25.4 Å². The lowest BCUT2D eigenvalue weighted by molar-refractivity contribution is 0.384. The average Bonchev–Trinajstić information content (AvgIpc) is 2.79. The molecule has 96 valence electrons. The van der Waals surface area contributed by atoms with Gasteiger partial charge in [0, 0.05) is 11.6 Å². The van der Waals surface area contributed by atoms with Crippen molar-refractivity contribution in [1.82, 2.24) is 14.5 Å². The smallest absolute Gasteiger partial charge is 0.295 e. The molecular weight excluding hydrogens is 281 g/mol. The van der Waals surface area contributed by atoms with Crippen LogP contribution in [0.5, 0.6) is 0 Å². The molecule has 8 heteroatoms. The molecule has 2 rings (SSSR count). The Bertz CT molecular complexity index is 690. The number of halogens is 2. The monoisotopic (exact) mass is 289 g/mol. The van der Waals surface area contributed by atoms with Gasteiger partial charge < -0.3 is 0 Å². The summed E-state index contributed by atoms with van der Waals surface area (Å²) >= 11 is 6.68. The van der Waals surface area contributed by atoms with Gasteiger partial charge in [0.15, 0.2) is 5.15 Å². The Morgan fingerprint density at radius 2 is 2.17 bits per heavy atom. The highest BCUT2D eigenvalue weighted by Gasteiger charge is 2.30. The molecule has 0 aliphatic carbocycles. The van der Waals surface area contributed by atoms with E-state index in [4.69, 9.17) is 11.6 Å². The number of hydrogen-bond donors (Lipinski definition) is 1. The van der Waals surface area contributed by atoms with Crippen molar-refractivity contribution in [3.8, 4) is 0 Å². The minimum absolute atomic E-state index is 0.525. The lowest BCUT2D eigenvalue weighted by Gasteiger charge is -2.23. The van der Waals surface area contributed by atoms with Crippen LogP contribution in [0, 0.1) is 5.82 Å². The van der Waals surface area contributed by atoms with Crippen molar-refractivity contribution in [2.75, 3.05) is 0 Å². The fourth-order valence-corrected chi connectivity index (χ4v) is 2.53. The van der Waals surface area contributed by atoms with Gasteiger partial charge in [-0.25, -0.2) is 14.3 Å². The van der Waals surface area contributed by atoms with Gasteiger partial charge in [-0.2, -0.15) is 4.39 Å². The van der Waals surface area contributed by atoms with Gasteiger partial charge >= 0.3 is 5.69 Å². The summed E-state index contributed by atoms with van der Waals surface area (Å²) in [5.41, 5.74) is -2.89. The van der Waals surface area contributed by atoms with Crippen molar-refractivity contribution in [2.45, 2.75) is 19.4 Å². The third kappa shape index (κ3) is 1.89. The first-order valence-corrected chi connectivity index (χ1v) is 6.22. The average molecular weight is 290 g/mol. The van der Waals surface area contributed by atoms with Gasteiger partial charge in [-0.15, -0.1) is 11.3 Å². The molecule has 0 aliphatic rings. The topological polar surface area (TPSA) is 67.8 Å². The fraction of sp³-hybridized carbons (Fsp3) is 0.300. The van der Waals surface area contributed by atoms with Crippen LogP contribution in [0.25, 0.3) is 0 Å². The Labute approximate surface area is 110 Å². The van der Waals surface area contributed by atoms with Crippen LogP contribution < -0.4 is 11.2 Å². The predicted octanol–water partition coefficient (Wildman–Crippen LogP) is 1.57. The molecule has 0 bridgehead atoms. The molecule has 0 aliphatic heterocycles. The van der Waals surface area contributed by atoms with E-state index in [1.165, 1.54) is 11.3 Å². The van der Waals surface area contributed by atoms with Crippen LogP contribution in [0.1, 0.15) is 18.9 Å². The van der Waals surface area contributed by atoms with Crippen molar-refractivity contribution in [3.63, 3.8) is 0 Å². The standard InChI is InChI=1S/C10H9ClFN3O2S/c1-10(2,8-13-3-4-18-8)15-7(16)5(12)6(11)14-9(15)17/h3-4H,1-2H3,(H,14,17). The summed E-state index contributed by atoms with van der Waals surface area (Å²) in [5, 5.41) is 1.65. The van der Waals surface area contributed by atoms with Crippen LogP contribution in [0.2, 0.25) is 5.15 Å². The van der Waals surface area contributed by atoms with Crippen LogP contribution in [0.15, 0.2) is 21.2 Å². The number of nitrogens with one attached hydrogen (secondary N) is 1. The van der Waals surface area contributed by atoms with E-state index < -0.39 is 27.8 Å². The highest BCUT2D eigenvalue weighted by molar-refractivity contribution is 7.09. The summed E-state index contributed by atoms with van der Waals surface area (Å²) in [6.07, 6.45) is 1.55. The van der Waals surface area contributed by atoms with E-state index in [9.17, 15) is 14.0 Å². The molecule has 0 spiro atoms. The number of rotatable bonds is 2. The summed E-state index contributed by atoms with van der Waals surface area (Å²) in [6.45, 7) is 3.21. The zero-order valence-corrected chi connectivity index (χ0v) is 11.1. The third-order valence-corrected chi connectivity index (χ3v) is 3.86. The van der Waals surface area contributed by atoms with Crippen molar-refractivity contribution < 1.29 is 4.39 Å². The molecule has 0 aromatic carbocycles. The Kier molecular flexibility index (Phi) is 3.12. The SMILES string of the molecule is CC(C)(c1nccs1)n1c(=O)[nH]c(Cl)c(F)c1=O. The van der Waals surface area contributed by atoms with Gasteiger partial charge in [-0.05, 0) is 13.8 Å². The zero-order chi connectivity index (χ0) is 13.5. The van der Waals surface area contributed by atoms with E-state index in [-0.39, 0.29) is 0 Å². The normalized spacial score (nSPS) is 11.8. The number of aromatic nitrogens is 3. The van der Waals surface area contributed by atoms with Crippen LogP contribution in [0.3, 0.4) is 0 Å². The molecule has 1 N–H and O–H groups in total. The maximum absolute atomic E-state index is 13.5. The molecule has 2 heterocycles. The van der Waals surface area contributed by atoms with Gasteiger partial charge in [0.1, 0.15) is 5.01 Å². The first kappa shape index (κ1) is 13.0. The molecule has 0 fully saturated rings. The lowest BCUT2D eigenvalue weighted by Crippen LogP contribution is -2.48. The first-order valence-electron chi connectivity index (χ1n) is 4.96. The van der Waals surface area contributed by atoms with E-state index in [1.807, 2.05) is 0 Å². The Morgan fingerprint density at radius 1 is 1.50 bits per heavy atom. The molecule has 2 aromatic heterocycles. The number of thiazole rings is 1. The maximum Gasteiger partial charge on any atom is 0.330 e. The second-order valence-corrected chi connectivity index (χ2v) is 5.37. The fourth-order valence-electron chi connectivity index (χ4n) is 1.62. The van der Waals surface area contributed by atoms with E-state index >= 15 is 0 Å². The quantitative estimate of drug-likeness (QED) is 0.853. The van der Waals surface area contributed by atoms with Crippen molar-refractivity contribution in [3.05, 3.63) is 48.4 Å². The molecule has 0 saturated carbocycles. The molecule has 0 unspecified atom stereocenters. The Hall–Kier alpha value is -1.47.